The summed E-state index contributed by atoms with van der Waals surface area (Å²) in [5.41, 5.74) is 1.57. The minimum atomic E-state index is -2.33. The van der Waals surface area contributed by atoms with Gasteiger partial charge in [-0.25, -0.2) is 4.99 Å². The molecule has 2 aliphatic rings. The Morgan fingerprint density at radius 1 is 1.32 bits per heavy atom. The van der Waals surface area contributed by atoms with Crippen molar-refractivity contribution in [3.05, 3.63) is 40.8 Å². The average Bonchev–Trinajstić information content (AvgIpc) is 2.91. The van der Waals surface area contributed by atoms with Crippen LogP contribution < -0.4 is 5.32 Å². The molecular formula is C17H20N4S. The van der Waals surface area contributed by atoms with Crippen LogP contribution in [0.15, 0.2) is 35.3 Å². The van der Waals surface area contributed by atoms with Crippen molar-refractivity contribution >= 4 is 33.5 Å². The number of fused-ring (bicyclic) bond motifs is 2. The van der Waals surface area contributed by atoms with E-state index in [1.54, 1.807) is 30.1 Å². The molecule has 1 saturated heterocycles. The zero-order chi connectivity index (χ0) is 21.2. The molecule has 0 spiro atoms. The largest absolute Gasteiger partial charge is 0.353 e. The maximum absolute atomic E-state index is 8.53. The Morgan fingerprint density at radius 3 is 2.95 bits per heavy atom. The molecule has 1 N–H and O–H groups in total. The highest BCUT2D eigenvalue weighted by atomic mass is 32.1. The number of aliphatic imine (C=N–C) groups is 1. The quantitative estimate of drug-likeness (QED) is 0.807. The van der Waals surface area contributed by atoms with Gasteiger partial charge in [-0.05, 0) is 32.1 Å². The summed E-state index contributed by atoms with van der Waals surface area (Å²) < 4.78 is 57.4. The lowest BCUT2D eigenvalue weighted by Crippen LogP contribution is -2.47. The van der Waals surface area contributed by atoms with Gasteiger partial charge in [0.05, 0.1) is 22.4 Å². The number of anilines is 2. The van der Waals surface area contributed by atoms with Crippen LogP contribution in [0, 0.1) is 6.85 Å². The molecule has 4 rings (SSSR count). The highest BCUT2D eigenvalue weighted by Gasteiger charge is 2.25. The standard InChI is InChI=1S/C17H20N4S/c1-12-11-13-16(21-9-7-20(2)8-10-21)18-14-5-3-4-6-15(14)19-17(13)22-12/h3-6,11,19H,7-10H2,1-2H3/i1D3,9D2,10D2. The molecule has 0 radical (unpaired) electrons. The van der Waals surface area contributed by atoms with E-state index in [-0.39, 0.29) is 23.8 Å². The first-order valence-corrected chi connectivity index (χ1v) is 7.78. The van der Waals surface area contributed by atoms with Gasteiger partial charge < -0.3 is 15.1 Å². The number of nitrogens with one attached hydrogen (secondary N) is 1. The van der Waals surface area contributed by atoms with E-state index in [2.05, 4.69) is 10.3 Å². The number of hydrogen-bond acceptors (Lipinski definition) is 5. The Morgan fingerprint density at radius 2 is 2.14 bits per heavy atom. The predicted octanol–water partition coefficient (Wildman–Crippen LogP) is 3.44. The van der Waals surface area contributed by atoms with Crippen LogP contribution >= 0.6 is 11.3 Å². The number of amidine groups is 1. The van der Waals surface area contributed by atoms with Gasteiger partial charge in [0.25, 0.3) is 0 Å². The summed E-state index contributed by atoms with van der Waals surface area (Å²) >= 11 is 1.05. The zero-order valence-corrected chi connectivity index (χ0v) is 12.9. The van der Waals surface area contributed by atoms with Crippen LogP contribution in [0.2, 0.25) is 0 Å². The van der Waals surface area contributed by atoms with Gasteiger partial charge in [0, 0.05) is 35.1 Å². The third kappa shape index (κ3) is 2.40. The smallest absolute Gasteiger partial charge is 0.139 e. The van der Waals surface area contributed by atoms with Crippen LogP contribution in [0.4, 0.5) is 16.4 Å². The van der Waals surface area contributed by atoms with E-state index in [9.17, 15) is 0 Å². The van der Waals surface area contributed by atoms with Crippen molar-refractivity contribution in [2.45, 2.75) is 6.85 Å². The van der Waals surface area contributed by atoms with E-state index in [0.717, 1.165) is 16.2 Å². The number of benzene rings is 1. The lowest BCUT2D eigenvalue weighted by molar-refractivity contribution is 0.216. The Labute approximate surface area is 144 Å². The number of thiophene rings is 1. The molecule has 0 saturated carbocycles. The molecule has 1 aromatic carbocycles. The minimum absolute atomic E-state index is 0.00773. The highest BCUT2D eigenvalue weighted by Crippen LogP contribution is 2.39. The van der Waals surface area contributed by atoms with Crippen LogP contribution in [0.5, 0.6) is 0 Å². The van der Waals surface area contributed by atoms with Crippen molar-refractivity contribution in [1.82, 2.24) is 9.80 Å². The molecule has 1 fully saturated rings. The van der Waals surface area contributed by atoms with Gasteiger partial charge >= 0.3 is 0 Å². The van der Waals surface area contributed by atoms with Gasteiger partial charge in [0.2, 0.25) is 0 Å². The Bertz CT molecular complexity index is 964. The fraction of sp³-hybridized carbons (Fsp3) is 0.353. The maximum Gasteiger partial charge on any atom is 0.139 e. The molecular weight excluding hydrogens is 292 g/mol. The summed E-state index contributed by atoms with van der Waals surface area (Å²) in [7, 11) is 1.67. The molecule has 114 valence electrons. The number of likely N-dealkylation sites (N-methyl/N-ethyl adjacent to an activating group) is 1. The van der Waals surface area contributed by atoms with Gasteiger partial charge in [-0.1, -0.05) is 12.1 Å². The second kappa shape index (κ2) is 5.41. The second-order valence-corrected chi connectivity index (χ2v) is 6.31. The van der Waals surface area contributed by atoms with Gasteiger partial charge in [0.1, 0.15) is 10.8 Å². The van der Waals surface area contributed by atoms with Crippen molar-refractivity contribution in [2.24, 2.45) is 4.99 Å². The Hall–Kier alpha value is -1.85. The van der Waals surface area contributed by atoms with Crippen LogP contribution in [-0.4, -0.2) is 48.8 Å². The van der Waals surface area contributed by atoms with Crippen molar-refractivity contribution in [2.75, 3.05) is 38.4 Å². The Kier molecular flexibility index (Phi) is 2.00. The third-order valence-corrected chi connectivity index (χ3v) is 4.42. The zero-order valence-electron chi connectivity index (χ0n) is 19.1. The summed E-state index contributed by atoms with van der Waals surface area (Å²) in [6.45, 7) is -6.44. The molecule has 3 heterocycles. The number of piperazine rings is 1. The number of nitrogens with zero attached hydrogens (tertiary/aromatic N) is 3. The second-order valence-electron chi connectivity index (χ2n) is 5.25. The highest BCUT2D eigenvalue weighted by molar-refractivity contribution is 7.16. The van der Waals surface area contributed by atoms with Crippen molar-refractivity contribution in [3.8, 4) is 0 Å². The molecule has 0 aliphatic carbocycles. The molecule has 2 aliphatic heterocycles. The van der Waals surface area contributed by atoms with Crippen molar-refractivity contribution in [3.63, 3.8) is 0 Å². The predicted molar refractivity (Wildman–Crippen MR) is 94.0 cm³/mol. The summed E-state index contributed by atoms with van der Waals surface area (Å²) in [5.74, 6) is 0.0901. The summed E-state index contributed by atoms with van der Waals surface area (Å²) in [6, 6.07) is 8.63. The van der Waals surface area contributed by atoms with E-state index in [1.165, 1.54) is 6.07 Å². The third-order valence-electron chi connectivity index (χ3n) is 3.56. The van der Waals surface area contributed by atoms with E-state index >= 15 is 0 Å². The fourth-order valence-corrected chi connectivity index (χ4v) is 3.26. The monoisotopic (exact) mass is 319 g/mol. The molecule has 2 aromatic rings. The minimum Gasteiger partial charge on any atom is -0.353 e. The lowest BCUT2D eigenvalue weighted by atomic mass is 10.2. The van der Waals surface area contributed by atoms with Crippen LogP contribution in [0.3, 0.4) is 0 Å². The van der Waals surface area contributed by atoms with E-state index in [4.69, 9.17) is 9.60 Å². The van der Waals surface area contributed by atoms with Gasteiger partial charge in [-0.15, -0.1) is 11.3 Å². The lowest BCUT2D eigenvalue weighted by Gasteiger charge is -2.34. The number of hydrogen-bond donors (Lipinski definition) is 1. The SMILES string of the molecule is [2H]C([2H])([2H])c1cc2c(s1)Nc1ccccc1N=C2N1C([2H])([2H])CN(C)CC1([2H])[2H]. The molecule has 22 heavy (non-hydrogen) atoms. The van der Waals surface area contributed by atoms with Gasteiger partial charge in [-0.2, -0.15) is 0 Å². The molecule has 0 bridgehead atoms. The molecule has 1 aromatic heterocycles. The van der Waals surface area contributed by atoms with Gasteiger partial charge in [0.15, 0.2) is 0 Å². The normalized spacial score (nSPS) is 28.0. The average molecular weight is 319 g/mol. The molecule has 0 amide bonds. The maximum atomic E-state index is 8.53. The van der Waals surface area contributed by atoms with Crippen LogP contribution in [0.25, 0.3) is 0 Å². The number of aryl methyl sites for hydroxylation is 1. The first-order valence-electron chi connectivity index (χ1n) is 10.5. The molecule has 0 atom stereocenters. The van der Waals surface area contributed by atoms with E-state index in [0.29, 0.717) is 21.9 Å². The van der Waals surface area contributed by atoms with E-state index < -0.39 is 19.8 Å². The number of rotatable bonds is 0. The van der Waals surface area contributed by atoms with Crippen molar-refractivity contribution in [1.29, 1.82) is 0 Å². The van der Waals surface area contributed by atoms with Crippen molar-refractivity contribution < 1.29 is 9.60 Å². The topological polar surface area (TPSA) is 30.9 Å². The fourth-order valence-electron chi connectivity index (χ4n) is 2.44. The van der Waals surface area contributed by atoms with Gasteiger partial charge in [-0.3, -0.25) is 0 Å². The molecule has 4 nitrogen and oxygen atoms in total. The van der Waals surface area contributed by atoms with Crippen LogP contribution in [0.1, 0.15) is 20.0 Å². The number of para-hydroxylation sites is 2. The first kappa shape index (κ1) is 8.13. The van der Waals surface area contributed by atoms with Crippen LogP contribution in [-0.2, 0) is 0 Å². The molecule has 0 unspecified atom stereocenters. The first-order chi connectivity index (χ1) is 13.4. The summed E-state index contributed by atoms with van der Waals surface area (Å²) in [5, 5.41) is 3.70. The molecule has 5 heteroatoms. The Balaban J connectivity index is 1.95. The summed E-state index contributed by atoms with van der Waals surface area (Å²) in [4.78, 5) is 7.41. The summed E-state index contributed by atoms with van der Waals surface area (Å²) in [6.07, 6.45) is 0. The van der Waals surface area contributed by atoms with E-state index in [1.807, 2.05) is 6.07 Å².